The van der Waals surface area contributed by atoms with Gasteiger partial charge in [-0.25, -0.2) is 12.8 Å². The molecule has 0 bridgehead atoms. The third-order valence-corrected chi connectivity index (χ3v) is 8.23. The molecule has 4 rings (SSSR count). The fourth-order valence-electron chi connectivity index (χ4n) is 4.96. The van der Waals surface area contributed by atoms with E-state index in [-0.39, 0.29) is 18.5 Å². The number of carbonyl (C=O) groups excluding carboxylic acids is 2. The van der Waals surface area contributed by atoms with Crippen LogP contribution in [0.3, 0.4) is 0 Å². The van der Waals surface area contributed by atoms with E-state index in [1.807, 2.05) is 30.3 Å². The Morgan fingerprint density at radius 3 is 2.32 bits per heavy atom. The first kappa shape index (κ1) is 27.6. The van der Waals surface area contributed by atoms with Gasteiger partial charge in [0, 0.05) is 18.0 Å². The molecule has 1 atom stereocenters. The average molecular weight is 540 g/mol. The number of carbonyl (C=O) groups is 2. The Balaban J connectivity index is 1.64. The first-order valence-electron chi connectivity index (χ1n) is 12.9. The molecule has 0 saturated heterocycles. The summed E-state index contributed by atoms with van der Waals surface area (Å²) in [5.74, 6) is -1.23. The summed E-state index contributed by atoms with van der Waals surface area (Å²) in [6.07, 6.45) is 6.09. The highest BCUT2D eigenvalue weighted by Crippen LogP contribution is 2.29. The van der Waals surface area contributed by atoms with Gasteiger partial charge in [-0.1, -0.05) is 67.8 Å². The Kier molecular flexibility index (Phi) is 8.66. The lowest BCUT2D eigenvalue weighted by molar-refractivity contribution is -0.139. The molecule has 0 radical (unpaired) electrons. The van der Waals surface area contributed by atoms with Crippen LogP contribution >= 0.6 is 0 Å². The number of amides is 2. The molecule has 2 amide bonds. The van der Waals surface area contributed by atoms with E-state index >= 15 is 0 Å². The van der Waals surface area contributed by atoms with E-state index in [0.717, 1.165) is 48.1 Å². The van der Waals surface area contributed by atoms with Crippen molar-refractivity contribution in [2.45, 2.75) is 57.7 Å². The van der Waals surface area contributed by atoms with Gasteiger partial charge in [-0.05, 0) is 48.9 Å². The molecule has 1 aliphatic rings. The molecule has 202 valence electrons. The summed E-state index contributed by atoms with van der Waals surface area (Å²) in [7, 11) is -3.85. The summed E-state index contributed by atoms with van der Waals surface area (Å²) in [5.41, 5.74) is 1.02. The van der Waals surface area contributed by atoms with E-state index in [4.69, 9.17) is 0 Å². The van der Waals surface area contributed by atoms with Crippen molar-refractivity contribution in [3.8, 4) is 0 Å². The number of nitrogens with one attached hydrogen (secondary N) is 1. The van der Waals surface area contributed by atoms with Crippen LogP contribution in [0.1, 0.15) is 44.6 Å². The van der Waals surface area contributed by atoms with Crippen LogP contribution in [0.15, 0.2) is 66.7 Å². The zero-order chi connectivity index (χ0) is 27.3. The Morgan fingerprint density at radius 2 is 1.63 bits per heavy atom. The summed E-state index contributed by atoms with van der Waals surface area (Å²) in [4.78, 5) is 28.4. The number of nitrogens with zero attached hydrogens (tertiary/aromatic N) is 2. The van der Waals surface area contributed by atoms with E-state index in [1.165, 1.54) is 17.0 Å². The van der Waals surface area contributed by atoms with Crippen LogP contribution in [0.5, 0.6) is 0 Å². The molecule has 3 aromatic carbocycles. The fourth-order valence-corrected chi connectivity index (χ4v) is 5.82. The molecule has 1 fully saturated rings. The molecular formula is C29H34FN3O4S. The SMILES string of the molecule is CC(C(=O)NC1CCCCC1)N(Cc1ccc(F)cc1)C(=O)CN(c1cccc2ccccc12)S(C)(=O)=O. The van der Waals surface area contributed by atoms with Crippen molar-refractivity contribution in [1.29, 1.82) is 0 Å². The quantitative estimate of drug-likeness (QED) is 0.430. The van der Waals surface area contributed by atoms with Crippen LogP contribution in [0.25, 0.3) is 10.8 Å². The first-order chi connectivity index (χ1) is 18.1. The molecule has 3 aromatic rings. The highest BCUT2D eigenvalue weighted by atomic mass is 32.2. The van der Waals surface area contributed by atoms with Crippen LogP contribution in [0.2, 0.25) is 0 Å². The summed E-state index contributed by atoms with van der Waals surface area (Å²) in [6.45, 7) is 1.20. The Labute approximate surface area is 223 Å². The van der Waals surface area contributed by atoms with Crippen molar-refractivity contribution in [3.05, 3.63) is 78.1 Å². The zero-order valence-electron chi connectivity index (χ0n) is 21.8. The maximum Gasteiger partial charge on any atom is 0.244 e. The van der Waals surface area contributed by atoms with Gasteiger partial charge in [-0.2, -0.15) is 0 Å². The predicted molar refractivity (Wildman–Crippen MR) is 148 cm³/mol. The van der Waals surface area contributed by atoms with E-state index < -0.39 is 34.3 Å². The molecule has 0 heterocycles. The highest BCUT2D eigenvalue weighted by molar-refractivity contribution is 7.92. The second kappa shape index (κ2) is 11.9. The maximum absolute atomic E-state index is 13.8. The lowest BCUT2D eigenvalue weighted by atomic mass is 9.95. The van der Waals surface area contributed by atoms with Crippen molar-refractivity contribution in [2.24, 2.45) is 0 Å². The van der Waals surface area contributed by atoms with Crippen LogP contribution < -0.4 is 9.62 Å². The van der Waals surface area contributed by atoms with Gasteiger partial charge < -0.3 is 10.2 Å². The summed E-state index contributed by atoms with van der Waals surface area (Å²) in [5, 5.41) is 4.60. The second-order valence-corrected chi connectivity index (χ2v) is 11.8. The number of halogens is 1. The molecule has 7 nitrogen and oxygen atoms in total. The number of rotatable bonds is 9. The molecule has 1 unspecified atom stereocenters. The molecule has 0 aliphatic heterocycles. The van der Waals surface area contributed by atoms with Crippen LogP contribution in [-0.4, -0.2) is 50.0 Å². The summed E-state index contributed by atoms with van der Waals surface area (Å²) >= 11 is 0. The van der Waals surface area contributed by atoms with Gasteiger partial charge in [0.2, 0.25) is 21.8 Å². The lowest BCUT2D eigenvalue weighted by Gasteiger charge is -2.33. The Bertz CT molecular complexity index is 1380. The molecule has 9 heteroatoms. The third kappa shape index (κ3) is 6.69. The molecule has 1 aliphatic carbocycles. The van der Waals surface area contributed by atoms with E-state index in [1.54, 1.807) is 31.2 Å². The largest absolute Gasteiger partial charge is 0.352 e. The van der Waals surface area contributed by atoms with E-state index in [0.29, 0.717) is 16.6 Å². The van der Waals surface area contributed by atoms with E-state index in [2.05, 4.69) is 5.32 Å². The number of hydrogen-bond donors (Lipinski definition) is 1. The van der Waals surface area contributed by atoms with Crippen molar-refractivity contribution in [2.75, 3.05) is 17.1 Å². The van der Waals surface area contributed by atoms with Gasteiger partial charge in [0.05, 0.1) is 11.9 Å². The minimum atomic E-state index is -3.85. The fraction of sp³-hybridized carbons (Fsp3) is 0.379. The van der Waals surface area contributed by atoms with Crippen LogP contribution in [0.4, 0.5) is 10.1 Å². The van der Waals surface area contributed by atoms with Crippen molar-refractivity contribution >= 4 is 38.3 Å². The molecule has 38 heavy (non-hydrogen) atoms. The van der Waals surface area contributed by atoms with Crippen molar-refractivity contribution < 1.29 is 22.4 Å². The van der Waals surface area contributed by atoms with Gasteiger partial charge >= 0.3 is 0 Å². The molecule has 0 aromatic heterocycles. The van der Waals surface area contributed by atoms with Gasteiger partial charge in [0.15, 0.2) is 0 Å². The van der Waals surface area contributed by atoms with Crippen molar-refractivity contribution in [1.82, 2.24) is 10.2 Å². The van der Waals surface area contributed by atoms with Gasteiger partial charge in [0.25, 0.3) is 0 Å². The Hall–Kier alpha value is -3.46. The van der Waals surface area contributed by atoms with Gasteiger partial charge in [0.1, 0.15) is 18.4 Å². The number of fused-ring (bicyclic) bond motifs is 1. The maximum atomic E-state index is 13.8. The standard InChI is InChI=1S/C29H34FN3O4S/c1-21(29(35)31-25-11-4-3-5-12-25)32(19-22-15-17-24(30)18-16-22)28(34)20-33(38(2,36)37)27-14-8-10-23-9-6-7-13-26(23)27/h6-10,13-18,21,25H,3-5,11-12,19-20H2,1-2H3,(H,31,35). The van der Waals surface area contributed by atoms with E-state index in [9.17, 15) is 22.4 Å². The van der Waals surface area contributed by atoms with Crippen LogP contribution in [-0.2, 0) is 26.2 Å². The number of sulfonamides is 1. The average Bonchev–Trinajstić information content (AvgIpc) is 2.90. The molecular weight excluding hydrogens is 505 g/mol. The highest BCUT2D eigenvalue weighted by Gasteiger charge is 2.31. The molecule has 0 spiro atoms. The van der Waals surface area contributed by atoms with Crippen LogP contribution in [0, 0.1) is 5.82 Å². The molecule has 1 saturated carbocycles. The molecule has 1 N–H and O–H groups in total. The second-order valence-electron chi connectivity index (χ2n) is 9.94. The number of anilines is 1. The predicted octanol–water partition coefficient (Wildman–Crippen LogP) is 4.61. The minimum Gasteiger partial charge on any atom is -0.352 e. The van der Waals surface area contributed by atoms with Gasteiger partial charge in [-0.15, -0.1) is 0 Å². The summed E-state index contributed by atoms with van der Waals surface area (Å²) < 4.78 is 40.5. The lowest BCUT2D eigenvalue weighted by Crippen LogP contribution is -2.53. The topological polar surface area (TPSA) is 86.8 Å². The minimum absolute atomic E-state index is 0.0332. The van der Waals surface area contributed by atoms with Gasteiger partial charge in [-0.3, -0.25) is 13.9 Å². The van der Waals surface area contributed by atoms with Crippen molar-refractivity contribution in [3.63, 3.8) is 0 Å². The smallest absolute Gasteiger partial charge is 0.244 e. The zero-order valence-corrected chi connectivity index (χ0v) is 22.6. The number of benzene rings is 3. The third-order valence-electron chi connectivity index (χ3n) is 7.10. The number of hydrogen-bond acceptors (Lipinski definition) is 4. The monoisotopic (exact) mass is 539 g/mol. The Morgan fingerprint density at radius 1 is 0.974 bits per heavy atom. The normalized spacial score (nSPS) is 15.1. The first-order valence-corrected chi connectivity index (χ1v) is 14.8. The summed E-state index contributed by atoms with van der Waals surface area (Å²) in [6, 6.07) is 17.5.